The fourth-order valence-corrected chi connectivity index (χ4v) is 1.58. The topological polar surface area (TPSA) is 55.1 Å². The molecule has 102 valence electrons. The van der Waals surface area contributed by atoms with Crippen molar-refractivity contribution in [2.75, 3.05) is 6.54 Å². The molecule has 0 saturated heterocycles. The molecule has 18 heavy (non-hydrogen) atoms. The summed E-state index contributed by atoms with van der Waals surface area (Å²) >= 11 is 0. The van der Waals surface area contributed by atoms with E-state index in [-0.39, 0.29) is 31.3 Å². The summed E-state index contributed by atoms with van der Waals surface area (Å²) in [4.78, 5) is 11.4. The second kappa shape index (κ2) is 8.00. The molecule has 6 heteroatoms. The first kappa shape index (κ1) is 16.8. The van der Waals surface area contributed by atoms with Crippen molar-refractivity contribution in [1.82, 2.24) is 5.32 Å². The first-order valence-corrected chi connectivity index (χ1v) is 5.52. The van der Waals surface area contributed by atoms with E-state index in [1.165, 1.54) is 12.1 Å². The molecule has 0 aliphatic rings. The highest BCUT2D eigenvalue weighted by Crippen LogP contribution is 2.20. The summed E-state index contributed by atoms with van der Waals surface area (Å²) in [6.07, 6.45) is 0.720. The molecular formula is C12H17ClF2N2O. The number of halogens is 3. The average molecular weight is 279 g/mol. The number of benzene rings is 1. The number of hydrogen-bond donors (Lipinski definition) is 2. The van der Waals surface area contributed by atoms with Crippen LogP contribution in [0.5, 0.6) is 0 Å². The van der Waals surface area contributed by atoms with Gasteiger partial charge in [-0.1, -0.05) is 13.0 Å². The molecule has 3 nitrogen and oxygen atoms in total. The van der Waals surface area contributed by atoms with Gasteiger partial charge in [0, 0.05) is 24.6 Å². The standard InChI is InChI=1S/C12H16F2N2O.ClH/c1-2-11(16-12(17)5-6-15)9-4-3-8(13)7-10(9)14;/h3-4,7,11H,2,5-6,15H2,1H3,(H,16,17);1H. The third kappa shape index (κ3) is 4.58. The molecule has 1 rings (SSSR count). The first-order chi connectivity index (χ1) is 8.08. The lowest BCUT2D eigenvalue weighted by Gasteiger charge is -2.18. The summed E-state index contributed by atoms with van der Waals surface area (Å²) in [5.41, 5.74) is 5.54. The summed E-state index contributed by atoms with van der Waals surface area (Å²) in [6.45, 7) is 2.06. The minimum Gasteiger partial charge on any atom is -0.349 e. The lowest BCUT2D eigenvalue weighted by Crippen LogP contribution is -2.30. The van der Waals surface area contributed by atoms with E-state index in [2.05, 4.69) is 5.32 Å². The van der Waals surface area contributed by atoms with Crippen LogP contribution in [0.1, 0.15) is 31.4 Å². The maximum atomic E-state index is 13.5. The summed E-state index contributed by atoms with van der Waals surface area (Å²) in [6, 6.07) is 2.89. The van der Waals surface area contributed by atoms with Crippen LogP contribution in [-0.2, 0) is 4.79 Å². The quantitative estimate of drug-likeness (QED) is 0.868. The monoisotopic (exact) mass is 278 g/mol. The van der Waals surface area contributed by atoms with Crippen molar-refractivity contribution < 1.29 is 13.6 Å². The summed E-state index contributed by atoms with van der Waals surface area (Å²) in [5, 5.41) is 2.66. The number of nitrogens with two attached hydrogens (primary N) is 1. The van der Waals surface area contributed by atoms with E-state index >= 15 is 0 Å². The van der Waals surface area contributed by atoms with Crippen LogP contribution in [0.4, 0.5) is 8.78 Å². The van der Waals surface area contributed by atoms with Crippen LogP contribution in [-0.4, -0.2) is 12.5 Å². The number of carbonyl (C=O) groups is 1. The summed E-state index contributed by atoms with van der Waals surface area (Å²) in [7, 11) is 0. The second-order valence-electron chi connectivity index (χ2n) is 3.73. The van der Waals surface area contributed by atoms with Crippen molar-refractivity contribution in [1.29, 1.82) is 0 Å². The van der Waals surface area contributed by atoms with Gasteiger partial charge in [0.15, 0.2) is 0 Å². The van der Waals surface area contributed by atoms with Crippen molar-refractivity contribution in [3.05, 3.63) is 35.4 Å². The molecule has 0 spiro atoms. The zero-order chi connectivity index (χ0) is 12.8. The van der Waals surface area contributed by atoms with E-state index in [0.29, 0.717) is 12.0 Å². The van der Waals surface area contributed by atoms with Gasteiger partial charge < -0.3 is 11.1 Å². The zero-order valence-corrected chi connectivity index (χ0v) is 10.9. The molecule has 0 fully saturated rings. The molecule has 0 radical (unpaired) electrons. The van der Waals surface area contributed by atoms with Crippen LogP contribution in [0, 0.1) is 11.6 Å². The van der Waals surface area contributed by atoms with Crippen molar-refractivity contribution in [3.63, 3.8) is 0 Å². The second-order valence-corrected chi connectivity index (χ2v) is 3.73. The molecule has 1 aromatic carbocycles. The number of amides is 1. The Morgan fingerprint density at radius 2 is 2.11 bits per heavy atom. The van der Waals surface area contributed by atoms with E-state index < -0.39 is 17.7 Å². The Hall–Kier alpha value is -1.20. The lowest BCUT2D eigenvalue weighted by molar-refractivity contribution is -0.121. The Kier molecular flexibility index (Phi) is 7.47. The number of carbonyl (C=O) groups excluding carboxylic acids is 1. The smallest absolute Gasteiger partial charge is 0.221 e. The molecule has 0 heterocycles. The molecule has 1 amide bonds. The van der Waals surface area contributed by atoms with E-state index in [1.54, 1.807) is 0 Å². The van der Waals surface area contributed by atoms with Gasteiger partial charge in [-0.05, 0) is 12.5 Å². The third-order valence-corrected chi connectivity index (χ3v) is 2.45. The summed E-state index contributed by atoms with van der Waals surface area (Å²) in [5.74, 6) is -1.51. The van der Waals surface area contributed by atoms with Gasteiger partial charge in [0.05, 0.1) is 6.04 Å². The molecule has 3 N–H and O–H groups in total. The maximum Gasteiger partial charge on any atom is 0.221 e. The molecule has 0 aromatic heterocycles. The van der Waals surface area contributed by atoms with Crippen LogP contribution < -0.4 is 11.1 Å². The van der Waals surface area contributed by atoms with E-state index in [9.17, 15) is 13.6 Å². The molecule has 0 bridgehead atoms. The van der Waals surface area contributed by atoms with Gasteiger partial charge >= 0.3 is 0 Å². The predicted molar refractivity (Wildman–Crippen MR) is 68.5 cm³/mol. The van der Waals surface area contributed by atoms with Gasteiger partial charge in [0.25, 0.3) is 0 Å². The van der Waals surface area contributed by atoms with Crippen molar-refractivity contribution in [2.45, 2.75) is 25.8 Å². The minimum absolute atomic E-state index is 0. The van der Waals surface area contributed by atoms with E-state index in [1.807, 2.05) is 6.92 Å². The molecule has 0 saturated carbocycles. The van der Waals surface area contributed by atoms with E-state index in [4.69, 9.17) is 5.73 Å². The Morgan fingerprint density at radius 3 is 2.61 bits per heavy atom. The van der Waals surface area contributed by atoms with Gasteiger partial charge in [-0.3, -0.25) is 4.79 Å². The van der Waals surface area contributed by atoms with Gasteiger partial charge in [0.2, 0.25) is 5.91 Å². The third-order valence-electron chi connectivity index (χ3n) is 2.45. The SMILES string of the molecule is CCC(NC(=O)CCN)c1ccc(F)cc1F.Cl. The fraction of sp³-hybridized carbons (Fsp3) is 0.417. The zero-order valence-electron chi connectivity index (χ0n) is 10.1. The van der Waals surface area contributed by atoms with Crippen LogP contribution in [0.15, 0.2) is 18.2 Å². The van der Waals surface area contributed by atoms with Crippen LogP contribution in [0.25, 0.3) is 0 Å². The maximum absolute atomic E-state index is 13.5. The Labute approximate surface area is 111 Å². The predicted octanol–water partition coefficient (Wildman–Crippen LogP) is 2.30. The molecule has 1 atom stereocenters. The Bertz CT molecular complexity index is 402. The van der Waals surface area contributed by atoms with Gasteiger partial charge in [0.1, 0.15) is 11.6 Å². The van der Waals surface area contributed by atoms with Crippen LogP contribution >= 0.6 is 12.4 Å². The molecular weight excluding hydrogens is 262 g/mol. The molecule has 1 aromatic rings. The van der Waals surface area contributed by atoms with Crippen LogP contribution in [0.3, 0.4) is 0 Å². The van der Waals surface area contributed by atoms with Gasteiger partial charge in [-0.25, -0.2) is 8.78 Å². The summed E-state index contributed by atoms with van der Waals surface area (Å²) < 4.78 is 26.3. The van der Waals surface area contributed by atoms with Gasteiger partial charge in [-0.2, -0.15) is 0 Å². The average Bonchev–Trinajstić information content (AvgIpc) is 2.27. The van der Waals surface area contributed by atoms with Gasteiger partial charge in [-0.15, -0.1) is 12.4 Å². The number of nitrogens with one attached hydrogen (secondary N) is 1. The highest BCUT2D eigenvalue weighted by Gasteiger charge is 2.16. The normalized spacial score (nSPS) is 11.6. The van der Waals surface area contributed by atoms with Crippen molar-refractivity contribution in [2.24, 2.45) is 5.73 Å². The fourth-order valence-electron chi connectivity index (χ4n) is 1.58. The number of hydrogen-bond acceptors (Lipinski definition) is 2. The number of rotatable bonds is 5. The van der Waals surface area contributed by atoms with E-state index in [0.717, 1.165) is 6.07 Å². The first-order valence-electron chi connectivity index (χ1n) is 5.52. The highest BCUT2D eigenvalue weighted by atomic mass is 35.5. The minimum atomic E-state index is -0.648. The molecule has 0 aliphatic carbocycles. The molecule has 1 unspecified atom stereocenters. The Balaban J connectivity index is 0.00000289. The van der Waals surface area contributed by atoms with Crippen molar-refractivity contribution in [3.8, 4) is 0 Å². The lowest BCUT2D eigenvalue weighted by atomic mass is 10.0. The largest absolute Gasteiger partial charge is 0.349 e. The highest BCUT2D eigenvalue weighted by molar-refractivity contribution is 5.85. The van der Waals surface area contributed by atoms with Crippen molar-refractivity contribution >= 4 is 18.3 Å². The van der Waals surface area contributed by atoms with Crippen LogP contribution in [0.2, 0.25) is 0 Å². The molecule has 0 aliphatic heterocycles. The Morgan fingerprint density at radius 1 is 1.44 bits per heavy atom.